The number of nitrogens with zero attached hydrogens (tertiary/aromatic N) is 1. The van der Waals surface area contributed by atoms with Crippen LogP contribution in [0.1, 0.15) is 12.5 Å². The summed E-state index contributed by atoms with van der Waals surface area (Å²) in [6.45, 7) is 8.00. The number of hydrogen-bond acceptors (Lipinski definition) is 4. The summed E-state index contributed by atoms with van der Waals surface area (Å²) in [5, 5.41) is 2.78. The van der Waals surface area contributed by atoms with Gasteiger partial charge in [-0.3, -0.25) is 9.59 Å². The van der Waals surface area contributed by atoms with E-state index in [0.717, 1.165) is 11.1 Å². The molecule has 2 amide bonds. The molecule has 2 aromatic rings. The standard InChI is InChI=1S/C21H22N2O4/c1-14(2)11-23-18-10-16(6-9-19(18)27-13-21(23)25)22-20(24)12-26-17-7-4-15(3)5-8-17/h4-10H,1,11-13H2,2-3H3,(H,22,24). The first-order valence-electron chi connectivity index (χ1n) is 8.63. The molecule has 1 N–H and O–H groups in total. The van der Waals surface area contributed by atoms with Gasteiger partial charge in [-0.1, -0.05) is 29.8 Å². The number of ether oxygens (including phenoxy) is 2. The molecule has 27 heavy (non-hydrogen) atoms. The molecule has 6 nitrogen and oxygen atoms in total. The molecule has 140 valence electrons. The van der Waals surface area contributed by atoms with Gasteiger partial charge in [0.15, 0.2) is 13.2 Å². The number of nitrogens with one attached hydrogen (secondary N) is 1. The summed E-state index contributed by atoms with van der Waals surface area (Å²) in [5.41, 5.74) is 3.16. The zero-order valence-corrected chi connectivity index (χ0v) is 15.5. The first-order chi connectivity index (χ1) is 12.9. The van der Waals surface area contributed by atoms with E-state index in [1.165, 1.54) is 0 Å². The third kappa shape index (κ3) is 4.67. The first kappa shape index (κ1) is 18.5. The van der Waals surface area contributed by atoms with Gasteiger partial charge in [-0.05, 0) is 44.2 Å². The van der Waals surface area contributed by atoms with Crippen LogP contribution in [-0.2, 0) is 9.59 Å². The molecule has 0 saturated heterocycles. The maximum absolute atomic E-state index is 12.2. The van der Waals surface area contributed by atoms with E-state index in [-0.39, 0.29) is 25.0 Å². The summed E-state index contributed by atoms with van der Waals surface area (Å²) in [6.07, 6.45) is 0. The number of carbonyl (C=O) groups excluding carboxylic acids is 2. The van der Waals surface area contributed by atoms with Crippen LogP contribution in [0.4, 0.5) is 11.4 Å². The van der Waals surface area contributed by atoms with Crippen LogP contribution in [0.3, 0.4) is 0 Å². The van der Waals surface area contributed by atoms with Crippen LogP contribution in [0.5, 0.6) is 11.5 Å². The Bertz CT molecular complexity index is 874. The zero-order chi connectivity index (χ0) is 19.4. The van der Waals surface area contributed by atoms with Crippen LogP contribution in [-0.4, -0.2) is 31.6 Å². The monoisotopic (exact) mass is 366 g/mol. The Morgan fingerprint density at radius 1 is 1.26 bits per heavy atom. The highest BCUT2D eigenvalue weighted by Gasteiger charge is 2.25. The average Bonchev–Trinajstić information content (AvgIpc) is 2.63. The van der Waals surface area contributed by atoms with Gasteiger partial charge < -0.3 is 19.7 Å². The van der Waals surface area contributed by atoms with Gasteiger partial charge in [-0.15, -0.1) is 0 Å². The minimum atomic E-state index is -0.287. The lowest BCUT2D eigenvalue weighted by atomic mass is 10.2. The molecule has 0 aromatic heterocycles. The van der Waals surface area contributed by atoms with Crippen LogP contribution in [0.15, 0.2) is 54.6 Å². The van der Waals surface area contributed by atoms with Gasteiger partial charge in [0.2, 0.25) is 0 Å². The molecule has 2 aromatic carbocycles. The average molecular weight is 366 g/mol. The second kappa shape index (κ2) is 7.95. The molecule has 0 atom stereocenters. The highest BCUT2D eigenvalue weighted by atomic mass is 16.5. The van der Waals surface area contributed by atoms with Crippen LogP contribution in [0, 0.1) is 6.92 Å². The Morgan fingerprint density at radius 3 is 2.70 bits per heavy atom. The summed E-state index contributed by atoms with van der Waals surface area (Å²) in [5.74, 6) is 0.805. The number of rotatable bonds is 6. The second-order valence-corrected chi connectivity index (χ2v) is 6.56. The molecule has 0 fully saturated rings. The number of amides is 2. The number of benzene rings is 2. The quantitative estimate of drug-likeness (QED) is 0.797. The number of anilines is 2. The molecule has 0 spiro atoms. The number of hydrogen-bond donors (Lipinski definition) is 1. The summed E-state index contributed by atoms with van der Waals surface area (Å²) < 4.78 is 10.9. The van der Waals surface area contributed by atoms with Crippen molar-refractivity contribution in [3.63, 3.8) is 0 Å². The third-order valence-electron chi connectivity index (χ3n) is 4.00. The van der Waals surface area contributed by atoms with Crippen molar-refractivity contribution in [2.24, 2.45) is 0 Å². The van der Waals surface area contributed by atoms with Gasteiger partial charge in [-0.2, -0.15) is 0 Å². The SMILES string of the molecule is C=C(C)CN1C(=O)COc2ccc(NC(=O)COc3ccc(C)cc3)cc21. The molecule has 0 unspecified atom stereocenters. The van der Waals surface area contributed by atoms with Crippen molar-refractivity contribution in [1.82, 2.24) is 0 Å². The van der Waals surface area contributed by atoms with Crippen LogP contribution in [0.2, 0.25) is 0 Å². The number of fused-ring (bicyclic) bond motifs is 1. The molecule has 1 aliphatic rings. The van der Waals surface area contributed by atoms with Gasteiger partial charge in [-0.25, -0.2) is 0 Å². The Kier molecular flexibility index (Phi) is 5.45. The third-order valence-corrected chi connectivity index (χ3v) is 4.00. The van der Waals surface area contributed by atoms with Crippen molar-refractivity contribution in [2.45, 2.75) is 13.8 Å². The lowest BCUT2D eigenvalue weighted by Gasteiger charge is -2.30. The molecular weight excluding hydrogens is 344 g/mol. The Labute approximate surface area is 158 Å². The molecule has 6 heteroatoms. The first-order valence-corrected chi connectivity index (χ1v) is 8.63. The summed E-state index contributed by atoms with van der Waals surface area (Å²) in [7, 11) is 0. The Morgan fingerprint density at radius 2 is 2.00 bits per heavy atom. The predicted molar refractivity (Wildman–Crippen MR) is 104 cm³/mol. The van der Waals surface area contributed by atoms with Gasteiger partial charge in [0.05, 0.1) is 5.69 Å². The van der Waals surface area contributed by atoms with Crippen molar-refractivity contribution < 1.29 is 19.1 Å². The fraction of sp³-hybridized carbons (Fsp3) is 0.238. The molecule has 1 heterocycles. The molecule has 3 rings (SSSR count). The largest absolute Gasteiger partial charge is 0.484 e. The van der Waals surface area contributed by atoms with Gasteiger partial charge in [0.25, 0.3) is 11.8 Å². The smallest absolute Gasteiger partial charge is 0.265 e. The van der Waals surface area contributed by atoms with E-state index in [1.54, 1.807) is 23.1 Å². The Hall–Kier alpha value is -3.28. The van der Waals surface area contributed by atoms with Crippen LogP contribution >= 0.6 is 0 Å². The molecule has 0 saturated carbocycles. The molecular formula is C21H22N2O4. The zero-order valence-electron chi connectivity index (χ0n) is 15.5. The predicted octanol–water partition coefficient (Wildman–Crippen LogP) is 3.31. The van der Waals surface area contributed by atoms with E-state index < -0.39 is 0 Å². The topological polar surface area (TPSA) is 67.9 Å². The van der Waals surface area contributed by atoms with Gasteiger partial charge in [0.1, 0.15) is 11.5 Å². The Balaban J connectivity index is 1.67. The lowest BCUT2D eigenvalue weighted by molar-refractivity contribution is -0.121. The summed E-state index contributed by atoms with van der Waals surface area (Å²) in [4.78, 5) is 26.0. The van der Waals surface area contributed by atoms with Crippen molar-refractivity contribution in [1.29, 1.82) is 0 Å². The molecule has 0 bridgehead atoms. The van der Waals surface area contributed by atoms with E-state index in [4.69, 9.17) is 9.47 Å². The maximum Gasteiger partial charge on any atom is 0.265 e. The number of carbonyl (C=O) groups is 2. The minimum absolute atomic E-state index is 0.00360. The molecule has 1 aliphatic heterocycles. The molecule has 0 radical (unpaired) electrons. The van der Waals surface area contributed by atoms with Crippen molar-refractivity contribution in [3.05, 3.63) is 60.2 Å². The van der Waals surface area contributed by atoms with E-state index in [0.29, 0.717) is 29.4 Å². The highest BCUT2D eigenvalue weighted by Crippen LogP contribution is 2.34. The van der Waals surface area contributed by atoms with Crippen LogP contribution < -0.4 is 19.7 Å². The lowest BCUT2D eigenvalue weighted by Crippen LogP contribution is -2.39. The van der Waals surface area contributed by atoms with E-state index in [9.17, 15) is 9.59 Å². The summed E-state index contributed by atoms with van der Waals surface area (Å²) >= 11 is 0. The fourth-order valence-corrected chi connectivity index (χ4v) is 2.70. The fourth-order valence-electron chi connectivity index (χ4n) is 2.70. The summed E-state index contributed by atoms with van der Waals surface area (Å²) in [6, 6.07) is 12.7. The van der Waals surface area contributed by atoms with Crippen LogP contribution in [0.25, 0.3) is 0 Å². The molecule has 0 aliphatic carbocycles. The van der Waals surface area contributed by atoms with E-state index in [2.05, 4.69) is 11.9 Å². The van der Waals surface area contributed by atoms with Gasteiger partial charge >= 0.3 is 0 Å². The number of aryl methyl sites for hydroxylation is 1. The van der Waals surface area contributed by atoms with Gasteiger partial charge in [0, 0.05) is 12.2 Å². The minimum Gasteiger partial charge on any atom is -0.484 e. The maximum atomic E-state index is 12.2. The van der Waals surface area contributed by atoms with Crippen molar-refractivity contribution >= 4 is 23.2 Å². The normalized spacial score (nSPS) is 12.8. The highest BCUT2D eigenvalue weighted by molar-refractivity contribution is 6.00. The van der Waals surface area contributed by atoms with Crippen molar-refractivity contribution in [2.75, 3.05) is 30.0 Å². The van der Waals surface area contributed by atoms with E-state index >= 15 is 0 Å². The van der Waals surface area contributed by atoms with E-state index in [1.807, 2.05) is 38.1 Å². The van der Waals surface area contributed by atoms with Crippen molar-refractivity contribution in [3.8, 4) is 11.5 Å². The second-order valence-electron chi connectivity index (χ2n) is 6.56.